The van der Waals surface area contributed by atoms with E-state index in [9.17, 15) is 23.1 Å². The van der Waals surface area contributed by atoms with E-state index in [0.717, 1.165) is 12.8 Å². The molecule has 0 saturated heterocycles. The molecule has 0 heterocycles. The molecule has 6 nitrogen and oxygen atoms in total. The second-order valence-corrected chi connectivity index (χ2v) is 8.57. The number of alkyl halides is 1. The average Bonchev–Trinajstić information content (AvgIpc) is 2.86. The van der Waals surface area contributed by atoms with Crippen molar-refractivity contribution in [1.82, 2.24) is 0 Å². The minimum absolute atomic E-state index is 0.167. The number of ether oxygens (including phenoxy) is 2. The SMILES string of the molecule is CC.CC.CC.CC.CC(C)=O.CCCCOC(=O)O[C@H](c1ccc(S(C)(O)O)cc1)[C@H](C)CF. The fourth-order valence-electron chi connectivity index (χ4n) is 1.95. The predicted molar refractivity (Wildman–Crippen MR) is 150 cm³/mol. The average molecular weight is 527 g/mol. The maximum Gasteiger partial charge on any atom is 0.508 e. The van der Waals surface area contributed by atoms with Gasteiger partial charge in [-0.3, -0.25) is 13.5 Å². The Morgan fingerprint density at radius 1 is 0.943 bits per heavy atom. The van der Waals surface area contributed by atoms with Gasteiger partial charge in [-0.15, -0.1) is 0 Å². The molecular formula is C27H55FO6S. The maximum absolute atomic E-state index is 13.0. The Hall–Kier alpha value is -1.64. The van der Waals surface area contributed by atoms with E-state index in [0.29, 0.717) is 10.5 Å². The third-order valence-corrected chi connectivity index (χ3v) is 4.52. The number of carbonyl (C=O) groups excluding carboxylic acids is 2. The van der Waals surface area contributed by atoms with E-state index in [4.69, 9.17) is 9.47 Å². The largest absolute Gasteiger partial charge is 0.508 e. The predicted octanol–water partition coefficient (Wildman–Crippen LogP) is 9.73. The van der Waals surface area contributed by atoms with Gasteiger partial charge in [-0.05, 0) is 38.0 Å². The number of Topliss-reactive ketones (excluding diaryl/α,β-unsaturated/α-hetero) is 1. The number of rotatable bonds is 8. The summed E-state index contributed by atoms with van der Waals surface area (Å²) < 4.78 is 42.5. The lowest BCUT2D eigenvalue weighted by Gasteiger charge is -2.28. The number of unbranched alkanes of at least 4 members (excludes halogenated alkanes) is 1. The van der Waals surface area contributed by atoms with E-state index < -0.39 is 35.4 Å². The molecule has 0 radical (unpaired) electrons. The van der Waals surface area contributed by atoms with Crippen LogP contribution in [0.5, 0.6) is 0 Å². The van der Waals surface area contributed by atoms with Crippen LogP contribution in [0.3, 0.4) is 0 Å². The first-order valence-corrected chi connectivity index (χ1v) is 14.7. The molecule has 0 aromatic heterocycles. The lowest BCUT2D eigenvalue weighted by Crippen LogP contribution is -2.20. The number of ketones is 1. The highest BCUT2D eigenvalue weighted by atomic mass is 32.3. The first-order valence-electron chi connectivity index (χ1n) is 12.7. The zero-order chi connectivity index (χ0) is 29.0. The number of carbonyl (C=O) groups is 2. The monoisotopic (exact) mass is 526 g/mol. The van der Waals surface area contributed by atoms with Crippen LogP contribution < -0.4 is 0 Å². The molecule has 35 heavy (non-hydrogen) atoms. The summed E-state index contributed by atoms with van der Waals surface area (Å²) in [6.07, 6.45) is 1.34. The van der Waals surface area contributed by atoms with Gasteiger partial charge in [0, 0.05) is 12.2 Å². The molecule has 0 aliphatic rings. The molecule has 2 atom stereocenters. The van der Waals surface area contributed by atoms with Crippen LogP contribution in [0.15, 0.2) is 29.2 Å². The molecular weight excluding hydrogens is 471 g/mol. The molecule has 8 heteroatoms. The molecule has 0 spiro atoms. The van der Waals surface area contributed by atoms with E-state index >= 15 is 0 Å². The van der Waals surface area contributed by atoms with Crippen LogP contribution in [-0.2, 0) is 14.3 Å². The first-order chi connectivity index (χ1) is 16.5. The Balaban J connectivity index is -0.000000213. The highest BCUT2D eigenvalue weighted by Crippen LogP contribution is 2.44. The van der Waals surface area contributed by atoms with E-state index in [1.54, 1.807) is 19.1 Å². The zero-order valence-electron chi connectivity index (χ0n) is 24.6. The van der Waals surface area contributed by atoms with Gasteiger partial charge in [0.15, 0.2) is 0 Å². The third-order valence-electron chi connectivity index (χ3n) is 3.36. The van der Waals surface area contributed by atoms with Gasteiger partial charge in [0.05, 0.1) is 18.2 Å². The van der Waals surface area contributed by atoms with Crippen molar-refractivity contribution in [1.29, 1.82) is 0 Å². The Bertz CT molecular complexity index is 570. The molecule has 0 fully saturated rings. The molecule has 0 aliphatic carbocycles. The highest BCUT2D eigenvalue weighted by Gasteiger charge is 2.25. The van der Waals surface area contributed by atoms with Gasteiger partial charge >= 0.3 is 6.16 Å². The van der Waals surface area contributed by atoms with Crippen LogP contribution in [0.25, 0.3) is 0 Å². The number of hydrogen-bond donors (Lipinski definition) is 2. The Morgan fingerprint density at radius 2 is 1.34 bits per heavy atom. The normalized spacial score (nSPS) is 11.2. The van der Waals surface area contributed by atoms with E-state index in [1.165, 1.54) is 32.2 Å². The minimum Gasteiger partial charge on any atom is -0.434 e. The minimum atomic E-state index is -2.82. The van der Waals surface area contributed by atoms with Gasteiger partial charge in [0.25, 0.3) is 0 Å². The number of hydrogen-bond acceptors (Lipinski definition) is 6. The van der Waals surface area contributed by atoms with Crippen molar-refractivity contribution in [3.05, 3.63) is 29.8 Å². The van der Waals surface area contributed by atoms with E-state index in [2.05, 4.69) is 0 Å². The Kier molecular flexibility index (Phi) is 37.7. The van der Waals surface area contributed by atoms with Crippen molar-refractivity contribution in [2.24, 2.45) is 5.92 Å². The van der Waals surface area contributed by atoms with Crippen molar-refractivity contribution < 1.29 is 32.6 Å². The second-order valence-electron chi connectivity index (χ2n) is 6.43. The Labute approximate surface area is 217 Å². The van der Waals surface area contributed by atoms with Gasteiger partial charge in [0.1, 0.15) is 11.9 Å². The van der Waals surface area contributed by atoms with Crippen molar-refractivity contribution >= 4 is 22.5 Å². The van der Waals surface area contributed by atoms with E-state index in [-0.39, 0.29) is 12.4 Å². The van der Waals surface area contributed by atoms with Gasteiger partial charge in [0.2, 0.25) is 0 Å². The fraction of sp³-hybridized carbons (Fsp3) is 0.704. The standard InChI is InChI=1S/C16H25FO5S.C3H6O.4C2H6/c1-4-5-10-21-16(18)22-15(12(2)11-17)13-6-8-14(9-7-13)23(3,19)20;1-3(2)4;4*1-2/h6-9,12,15,19-20H,4-5,10-11H2,1-3H3;1-2H3;4*1-2H3/t12-,15+;;;;;/m1...../s1. The number of halogens is 1. The van der Waals surface area contributed by atoms with Crippen LogP contribution in [0.2, 0.25) is 0 Å². The van der Waals surface area contributed by atoms with Crippen LogP contribution in [0.4, 0.5) is 9.18 Å². The Morgan fingerprint density at radius 3 is 1.66 bits per heavy atom. The van der Waals surface area contributed by atoms with Crippen molar-refractivity contribution in [3.63, 3.8) is 0 Å². The van der Waals surface area contributed by atoms with Gasteiger partial charge in [-0.25, -0.2) is 4.79 Å². The van der Waals surface area contributed by atoms with Gasteiger partial charge in [-0.2, -0.15) is 10.6 Å². The molecule has 0 aliphatic heterocycles. The molecule has 1 aromatic carbocycles. The molecule has 0 saturated carbocycles. The quantitative estimate of drug-likeness (QED) is 0.259. The second kappa shape index (κ2) is 30.4. The summed E-state index contributed by atoms with van der Waals surface area (Å²) in [5, 5.41) is 0. The lowest BCUT2D eigenvalue weighted by molar-refractivity contribution is -0.115. The third kappa shape index (κ3) is 26.8. The van der Waals surface area contributed by atoms with Crippen LogP contribution in [0.1, 0.15) is 108 Å². The highest BCUT2D eigenvalue weighted by molar-refractivity contribution is 8.23. The summed E-state index contributed by atoms with van der Waals surface area (Å²) >= 11 is 0. The summed E-state index contributed by atoms with van der Waals surface area (Å²) in [5.41, 5.74) is 0.579. The zero-order valence-corrected chi connectivity index (χ0v) is 25.4. The maximum atomic E-state index is 13.0. The summed E-state index contributed by atoms with van der Waals surface area (Å²) in [6.45, 7) is 22.3. The van der Waals surface area contributed by atoms with Gasteiger partial charge in [-0.1, -0.05) is 87.8 Å². The first kappa shape index (κ1) is 43.4. The molecule has 0 bridgehead atoms. The van der Waals surface area contributed by atoms with Crippen LogP contribution >= 0.6 is 10.6 Å². The summed E-state index contributed by atoms with van der Waals surface area (Å²) in [5.74, 6) is -0.374. The summed E-state index contributed by atoms with van der Waals surface area (Å²) in [7, 11) is -2.82. The van der Waals surface area contributed by atoms with Crippen LogP contribution in [0, 0.1) is 5.92 Å². The van der Waals surface area contributed by atoms with Crippen molar-refractivity contribution in [2.45, 2.75) is 107 Å². The van der Waals surface area contributed by atoms with E-state index in [1.807, 2.05) is 62.3 Å². The molecule has 1 rings (SSSR count). The smallest absolute Gasteiger partial charge is 0.434 e. The fourth-order valence-corrected chi connectivity index (χ4v) is 2.60. The topological polar surface area (TPSA) is 93.1 Å². The molecule has 1 aromatic rings. The molecule has 0 amide bonds. The molecule has 212 valence electrons. The summed E-state index contributed by atoms with van der Waals surface area (Å²) in [4.78, 5) is 21.5. The van der Waals surface area contributed by atoms with Crippen LogP contribution in [-0.4, -0.2) is 40.6 Å². The summed E-state index contributed by atoms with van der Waals surface area (Å²) in [6, 6.07) is 6.27. The molecule has 0 unspecified atom stereocenters. The van der Waals surface area contributed by atoms with Crippen molar-refractivity contribution in [3.8, 4) is 0 Å². The lowest BCUT2D eigenvalue weighted by atomic mass is 9.98. The molecule has 2 N–H and O–H groups in total. The van der Waals surface area contributed by atoms with Crippen molar-refractivity contribution in [2.75, 3.05) is 19.5 Å². The van der Waals surface area contributed by atoms with Gasteiger partial charge < -0.3 is 14.3 Å². The number of benzene rings is 1.